The molecule has 0 aromatic carbocycles. The molecule has 0 atom stereocenters. The quantitative estimate of drug-likeness (QED) is 0.518. The van der Waals surface area contributed by atoms with E-state index < -0.39 is 5.62 Å². The molecular weight excluding hydrogens is 429 g/mol. The first kappa shape index (κ1) is 10.8. The van der Waals surface area contributed by atoms with Crippen LogP contribution in [0, 0.1) is 0 Å². The Morgan fingerprint density at radius 3 is 0.500 bits per heavy atom. The van der Waals surface area contributed by atoms with E-state index in [0.717, 1.165) is 0 Å². The third kappa shape index (κ3) is 69.0. The second-order valence-electron chi connectivity index (χ2n) is 1.34. The molecule has 0 aromatic heterocycles. The standard InChI is InChI=1S/7ClH.Ta/h7*1H;/q;;;;;;;+5/p-7. The molecule has 0 fully saturated rings. The number of rotatable bonds is 0. The Bertz CT molecular complexity index is 96.6. The van der Waals surface area contributed by atoms with E-state index in [1.54, 1.807) is 0 Å². The predicted octanol–water partition coefficient (Wildman–Crippen LogP) is 4.82. The first-order valence-corrected chi connectivity index (χ1v) is 29.1. The predicted molar refractivity (Wildman–Crippen MR) is 41.0 cm³/mol. The van der Waals surface area contributed by atoms with Gasteiger partial charge in [0.15, 0.2) is 0 Å². The summed E-state index contributed by atoms with van der Waals surface area (Å²) in [6, 6.07) is 0. The molecule has 0 radical (unpaired) electrons. The summed E-state index contributed by atoms with van der Waals surface area (Å²) in [5.74, 6) is 0. The average Bonchev–Trinajstić information content (AvgIpc) is 0.544. The zero-order valence-corrected chi connectivity index (χ0v) is 11.6. The Kier molecular flexibility index (Phi) is 1.79. The van der Waals surface area contributed by atoms with E-state index >= 15 is 0 Å². The molecule has 0 aliphatic heterocycles. The van der Waals surface area contributed by atoms with Crippen molar-refractivity contribution in [2.45, 2.75) is 0 Å². The maximum atomic E-state index is 5.08. The Morgan fingerprint density at radius 1 is 0.500 bits per heavy atom. The van der Waals surface area contributed by atoms with Gasteiger partial charge < -0.3 is 0 Å². The van der Waals surface area contributed by atoms with Crippen LogP contribution < -0.4 is 0 Å². The van der Waals surface area contributed by atoms with Gasteiger partial charge in [0.1, 0.15) is 0 Å². The molecule has 8 heteroatoms. The molecule has 0 heterocycles. The van der Waals surface area contributed by atoms with Crippen molar-refractivity contribution in [3.05, 3.63) is 0 Å². The second-order valence-corrected chi connectivity index (χ2v) is 98.8. The topological polar surface area (TPSA) is 0 Å². The van der Waals surface area contributed by atoms with Gasteiger partial charge in [-0.05, 0) is 0 Å². The van der Waals surface area contributed by atoms with Gasteiger partial charge in [-0.3, -0.25) is 0 Å². The van der Waals surface area contributed by atoms with E-state index in [1.165, 1.54) is 0 Å². The molecule has 0 N–H and O–H groups in total. The third-order valence-electron chi connectivity index (χ3n) is 0. The molecule has 0 aromatic rings. The summed E-state index contributed by atoms with van der Waals surface area (Å²) in [4.78, 5) is 0. The average molecular weight is 429 g/mol. The van der Waals surface area contributed by atoms with Gasteiger partial charge in [-0.25, -0.2) is 0 Å². The molecular formula is Cl7Ta-2. The molecule has 0 spiro atoms. The molecule has 0 aliphatic rings. The van der Waals surface area contributed by atoms with Crippen molar-refractivity contribution in [3.63, 3.8) is 0 Å². The van der Waals surface area contributed by atoms with Crippen molar-refractivity contribution in [3.8, 4) is 0 Å². The summed E-state index contributed by atoms with van der Waals surface area (Å²) in [5, 5.41) is 0. The van der Waals surface area contributed by atoms with Crippen LogP contribution in [-0.2, 0) is 5.62 Å². The van der Waals surface area contributed by atoms with E-state index in [9.17, 15) is 0 Å². The number of hydrogen-bond donors (Lipinski definition) is 0. The van der Waals surface area contributed by atoms with Crippen molar-refractivity contribution in [1.82, 2.24) is 0 Å². The van der Waals surface area contributed by atoms with E-state index in [0.29, 0.717) is 0 Å². The zero-order chi connectivity index (χ0) is 7.38. The first-order valence-electron chi connectivity index (χ1n) is 1.18. The minimum atomic E-state index is -6.58. The van der Waals surface area contributed by atoms with Crippen molar-refractivity contribution < 1.29 is 5.62 Å². The van der Waals surface area contributed by atoms with E-state index in [4.69, 9.17) is 64.3 Å². The fourth-order valence-electron chi connectivity index (χ4n) is 0. The van der Waals surface area contributed by atoms with Crippen molar-refractivity contribution in [1.29, 1.82) is 0 Å². The van der Waals surface area contributed by atoms with Gasteiger partial charge in [-0.2, -0.15) is 0 Å². The van der Waals surface area contributed by atoms with E-state index in [1.807, 2.05) is 0 Å². The maximum absolute atomic E-state index is 6.58. The zero-order valence-electron chi connectivity index (χ0n) is 3.09. The Morgan fingerprint density at radius 2 is 0.500 bits per heavy atom. The molecule has 0 amide bonds. The third-order valence-corrected chi connectivity index (χ3v) is 0. The normalized spacial score (nSPS) is 27.1. The van der Waals surface area contributed by atoms with Crippen LogP contribution in [-0.4, -0.2) is 0 Å². The van der Waals surface area contributed by atoms with Gasteiger partial charge in [0.05, 0.1) is 0 Å². The SMILES string of the molecule is [Cl][Ta-2]([Cl])([Cl])([Cl])([Cl])([Cl])[Cl]. The molecule has 0 saturated carbocycles. The minimum absolute atomic E-state index is 5.08. The number of halogens is 7. The Hall–Kier alpha value is 2.77. The summed E-state index contributed by atoms with van der Waals surface area (Å²) >= 11 is 0. The molecule has 0 rings (SSSR count). The summed E-state index contributed by atoms with van der Waals surface area (Å²) in [6.45, 7) is 0. The summed E-state index contributed by atoms with van der Waals surface area (Å²) in [6.07, 6.45) is 0. The van der Waals surface area contributed by atoms with Gasteiger partial charge >= 0.3 is 69.9 Å². The van der Waals surface area contributed by atoms with Crippen LogP contribution in [0.4, 0.5) is 0 Å². The monoisotopic (exact) mass is 426 g/mol. The summed E-state index contributed by atoms with van der Waals surface area (Å²) < 4.78 is 0. The molecule has 0 unspecified atom stereocenters. The van der Waals surface area contributed by atoms with Gasteiger partial charge in [0, 0.05) is 0 Å². The summed E-state index contributed by atoms with van der Waals surface area (Å²) in [5.41, 5.74) is -6.58. The van der Waals surface area contributed by atoms with Crippen molar-refractivity contribution in [2.75, 3.05) is 0 Å². The molecule has 0 nitrogen and oxygen atoms in total. The van der Waals surface area contributed by atoms with Crippen molar-refractivity contribution >= 4 is 64.3 Å². The fraction of sp³-hybridized carbons (Fsp3) is 0. The van der Waals surface area contributed by atoms with Crippen LogP contribution in [0.2, 0.25) is 0 Å². The van der Waals surface area contributed by atoms with Crippen LogP contribution in [0.15, 0.2) is 0 Å². The van der Waals surface area contributed by atoms with Gasteiger partial charge in [0.25, 0.3) is 0 Å². The van der Waals surface area contributed by atoms with Crippen LogP contribution in [0.25, 0.3) is 0 Å². The molecule has 8 heavy (non-hydrogen) atoms. The van der Waals surface area contributed by atoms with Crippen molar-refractivity contribution in [2.24, 2.45) is 0 Å². The number of hydrogen-bond acceptors (Lipinski definition) is 0. The molecule has 56 valence electrons. The van der Waals surface area contributed by atoms with Crippen LogP contribution >= 0.6 is 64.3 Å². The first-order chi connectivity index (χ1) is 2.65. The van der Waals surface area contributed by atoms with Gasteiger partial charge in [-0.1, -0.05) is 0 Å². The molecule has 0 aliphatic carbocycles. The second kappa shape index (κ2) is 1.33. The Balaban J connectivity index is 5.14. The van der Waals surface area contributed by atoms with E-state index in [-0.39, 0.29) is 0 Å². The van der Waals surface area contributed by atoms with Crippen LogP contribution in [0.1, 0.15) is 0 Å². The van der Waals surface area contributed by atoms with Crippen LogP contribution in [0.5, 0.6) is 0 Å². The van der Waals surface area contributed by atoms with Crippen LogP contribution in [0.3, 0.4) is 0 Å². The molecule has 0 bridgehead atoms. The van der Waals surface area contributed by atoms with E-state index in [2.05, 4.69) is 0 Å². The fourth-order valence-corrected chi connectivity index (χ4v) is 0. The molecule has 0 saturated heterocycles. The summed E-state index contributed by atoms with van der Waals surface area (Å²) in [7, 11) is 35.6. The van der Waals surface area contributed by atoms with Gasteiger partial charge in [-0.15, -0.1) is 0 Å². The van der Waals surface area contributed by atoms with Gasteiger partial charge in [0.2, 0.25) is 0 Å². The Labute approximate surface area is 68.8 Å².